The van der Waals surface area contributed by atoms with Crippen molar-refractivity contribution in [2.24, 2.45) is 0 Å². The van der Waals surface area contributed by atoms with Crippen molar-refractivity contribution in [2.45, 2.75) is 6.18 Å². The number of nitrogens with one attached hydrogen (secondary N) is 1. The van der Waals surface area contributed by atoms with Gasteiger partial charge in [0, 0.05) is 4.47 Å². The molecule has 0 radical (unpaired) electrons. The van der Waals surface area contributed by atoms with E-state index in [-0.39, 0.29) is 15.2 Å². The SMILES string of the molecule is O=C(COCC(F)(F)F)Nc1c(Cl)cc(F)cc1Br. The first-order chi connectivity index (χ1) is 8.69. The topological polar surface area (TPSA) is 38.3 Å². The molecule has 0 fully saturated rings. The van der Waals surface area contributed by atoms with E-state index < -0.39 is 31.1 Å². The number of ether oxygens (including phenoxy) is 1. The lowest BCUT2D eigenvalue weighted by atomic mass is 10.3. The van der Waals surface area contributed by atoms with Crippen molar-refractivity contribution in [1.82, 2.24) is 0 Å². The molecule has 0 aromatic heterocycles. The van der Waals surface area contributed by atoms with Crippen molar-refractivity contribution >= 4 is 39.1 Å². The Morgan fingerprint density at radius 1 is 1.42 bits per heavy atom. The molecule has 0 bridgehead atoms. The average Bonchev–Trinajstić information content (AvgIpc) is 2.21. The van der Waals surface area contributed by atoms with E-state index in [9.17, 15) is 22.4 Å². The monoisotopic (exact) mass is 363 g/mol. The largest absolute Gasteiger partial charge is 0.411 e. The van der Waals surface area contributed by atoms with Crippen LogP contribution in [0, 0.1) is 5.82 Å². The van der Waals surface area contributed by atoms with E-state index in [4.69, 9.17) is 11.6 Å². The lowest BCUT2D eigenvalue weighted by Crippen LogP contribution is -2.24. The van der Waals surface area contributed by atoms with Crippen LogP contribution in [0.2, 0.25) is 5.02 Å². The summed E-state index contributed by atoms with van der Waals surface area (Å²) in [6.07, 6.45) is -4.51. The predicted octanol–water partition coefficient (Wildman–Crippen LogP) is 3.76. The summed E-state index contributed by atoms with van der Waals surface area (Å²) in [5.41, 5.74) is 0.0590. The van der Waals surface area contributed by atoms with Crippen molar-refractivity contribution in [3.8, 4) is 0 Å². The molecule has 1 aromatic carbocycles. The molecule has 0 aliphatic heterocycles. The maximum atomic E-state index is 12.9. The molecule has 0 heterocycles. The van der Waals surface area contributed by atoms with Gasteiger partial charge in [-0.2, -0.15) is 13.2 Å². The molecular formula is C10H7BrClF4NO2. The van der Waals surface area contributed by atoms with E-state index in [0.717, 1.165) is 12.1 Å². The molecule has 0 saturated carbocycles. The molecule has 106 valence electrons. The first-order valence-electron chi connectivity index (χ1n) is 4.78. The molecule has 0 spiro atoms. The van der Waals surface area contributed by atoms with Crippen molar-refractivity contribution in [2.75, 3.05) is 18.5 Å². The van der Waals surface area contributed by atoms with Gasteiger partial charge in [0.15, 0.2) is 0 Å². The van der Waals surface area contributed by atoms with Crippen LogP contribution in [0.3, 0.4) is 0 Å². The second-order valence-corrected chi connectivity index (χ2v) is 4.66. The van der Waals surface area contributed by atoms with Gasteiger partial charge in [0.1, 0.15) is 19.0 Å². The fourth-order valence-corrected chi connectivity index (χ4v) is 2.00. The fourth-order valence-electron chi connectivity index (χ4n) is 1.10. The third-order valence-electron chi connectivity index (χ3n) is 1.77. The first kappa shape index (κ1) is 16.2. The van der Waals surface area contributed by atoms with Gasteiger partial charge in [-0.25, -0.2) is 4.39 Å². The van der Waals surface area contributed by atoms with Gasteiger partial charge >= 0.3 is 6.18 Å². The van der Waals surface area contributed by atoms with Gasteiger partial charge in [0.2, 0.25) is 5.91 Å². The summed E-state index contributed by atoms with van der Waals surface area (Å²) in [5, 5.41) is 2.13. The van der Waals surface area contributed by atoms with Crippen LogP contribution in [0.5, 0.6) is 0 Å². The fraction of sp³-hybridized carbons (Fsp3) is 0.300. The van der Waals surface area contributed by atoms with Crippen LogP contribution in [0.1, 0.15) is 0 Å². The van der Waals surface area contributed by atoms with Crippen LogP contribution in [0.25, 0.3) is 0 Å². The number of amides is 1. The zero-order valence-corrected chi connectivity index (χ0v) is 11.5. The van der Waals surface area contributed by atoms with Gasteiger partial charge < -0.3 is 10.1 Å². The lowest BCUT2D eigenvalue weighted by Gasteiger charge is -2.11. The second-order valence-electron chi connectivity index (χ2n) is 3.40. The van der Waals surface area contributed by atoms with E-state index in [1.54, 1.807) is 0 Å². The standard InChI is InChI=1S/C10H7BrClF4NO2/c11-6-1-5(13)2-7(12)9(6)17-8(18)3-19-4-10(14,15)16/h1-2H,3-4H2,(H,17,18). The van der Waals surface area contributed by atoms with Crippen LogP contribution < -0.4 is 5.32 Å². The van der Waals surface area contributed by atoms with E-state index in [2.05, 4.69) is 26.0 Å². The Morgan fingerprint density at radius 3 is 2.58 bits per heavy atom. The van der Waals surface area contributed by atoms with Crippen molar-refractivity contribution in [1.29, 1.82) is 0 Å². The zero-order chi connectivity index (χ0) is 14.6. The molecule has 1 rings (SSSR count). The third-order valence-corrected chi connectivity index (χ3v) is 2.69. The average molecular weight is 365 g/mol. The predicted molar refractivity (Wildman–Crippen MR) is 64.6 cm³/mol. The summed E-state index contributed by atoms with van der Waals surface area (Å²) in [6, 6.07) is 2.01. The number of halogens is 6. The smallest absolute Gasteiger partial charge is 0.362 e. The number of carbonyl (C=O) groups excluding carboxylic acids is 1. The minimum absolute atomic E-state index is 0.0590. The van der Waals surface area contributed by atoms with Crippen molar-refractivity contribution in [3.63, 3.8) is 0 Å². The summed E-state index contributed by atoms with van der Waals surface area (Å²) in [4.78, 5) is 11.3. The Hall–Kier alpha value is -0.860. The molecule has 9 heteroatoms. The van der Waals surface area contributed by atoms with Crippen LogP contribution in [0.15, 0.2) is 16.6 Å². The maximum Gasteiger partial charge on any atom is 0.411 e. The number of anilines is 1. The number of hydrogen-bond acceptors (Lipinski definition) is 2. The molecule has 0 aliphatic rings. The summed E-state index contributed by atoms with van der Waals surface area (Å²) in [7, 11) is 0. The van der Waals surface area contributed by atoms with Crippen LogP contribution >= 0.6 is 27.5 Å². The lowest BCUT2D eigenvalue weighted by molar-refractivity contribution is -0.174. The van der Waals surface area contributed by atoms with E-state index in [0.29, 0.717) is 0 Å². The van der Waals surface area contributed by atoms with Gasteiger partial charge in [-0.1, -0.05) is 11.6 Å². The minimum atomic E-state index is -4.51. The second kappa shape index (κ2) is 6.53. The van der Waals surface area contributed by atoms with E-state index >= 15 is 0 Å². The number of hydrogen-bond donors (Lipinski definition) is 1. The Labute approximate surface area is 119 Å². The Bertz CT molecular complexity index is 458. The van der Waals surface area contributed by atoms with Crippen molar-refractivity contribution < 1.29 is 27.1 Å². The highest BCUT2D eigenvalue weighted by Crippen LogP contribution is 2.31. The van der Waals surface area contributed by atoms with Gasteiger partial charge in [0.25, 0.3) is 0 Å². The molecule has 3 nitrogen and oxygen atoms in total. The Kier molecular flexibility index (Phi) is 5.57. The summed E-state index contributed by atoms with van der Waals surface area (Å²) < 4.78 is 52.6. The number of rotatable bonds is 4. The van der Waals surface area contributed by atoms with E-state index in [1.807, 2.05) is 0 Å². The Balaban J connectivity index is 2.58. The van der Waals surface area contributed by atoms with Gasteiger partial charge in [-0.15, -0.1) is 0 Å². The number of alkyl halides is 3. The van der Waals surface area contributed by atoms with Crippen LogP contribution in [0.4, 0.5) is 23.2 Å². The molecule has 0 aliphatic carbocycles. The van der Waals surface area contributed by atoms with Gasteiger partial charge in [0.05, 0.1) is 10.7 Å². The first-order valence-corrected chi connectivity index (χ1v) is 5.95. The molecule has 0 unspecified atom stereocenters. The molecule has 0 saturated heterocycles. The van der Waals surface area contributed by atoms with Crippen LogP contribution in [-0.2, 0) is 9.53 Å². The molecule has 1 N–H and O–H groups in total. The molecule has 0 atom stereocenters. The quantitative estimate of drug-likeness (QED) is 0.826. The zero-order valence-electron chi connectivity index (χ0n) is 9.15. The normalized spacial score (nSPS) is 11.5. The molecule has 1 amide bonds. The molecule has 19 heavy (non-hydrogen) atoms. The highest BCUT2D eigenvalue weighted by atomic mass is 79.9. The van der Waals surface area contributed by atoms with Gasteiger partial charge in [-0.3, -0.25) is 4.79 Å². The molecule has 1 aromatic rings. The summed E-state index contributed by atoms with van der Waals surface area (Å²) >= 11 is 8.65. The summed E-state index contributed by atoms with van der Waals surface area (Å²) in [5.74, 6) is -1.46. The Morgan fingerprint density at radius 2 is 2.05 bits per heavy atom. The van der Waals surface area contributed by atoms with Crippen molar-refractivity contribution in [3.05, 3.63) is 27.4 Å². The third kappa shape index (κ3) is 5.75. The highest BCUT2D eigenvalue weighted by molar-refractivity contribution is 9.10. The summed E-state index contributed by atoms with van der Waals surface area (Å²) in [6.45, 7) is -2.32. The highest BCUT2D eigenvalue weighted by Gasteiger charge is 2.27. The van der Waals surface area contributed by atoms with E-state index in [1.165, 1.54) is 0 Å². The maximum absolute atomic E-state index is 12.9. The number of benzene rings is 1. The number of carbonyl (C=O) groups is 1. The molecular weight excluding hydrogens is 357 g/mol. The van der Waals surface area contributed by atoms with Gasteiger partial charge in [-0.05, 0) is 28.1 Å². The van der Waals surface area contributed by atoms with Crippen LogP contribution in [-0.4, -0.2) is 25.3 Å². The minimum Gasteiger partial charge on any atom is -0.362 e.